The van der Waals surface area contributed by atoms with Crippen molar-refractivity contribution < 1.29 is 27.8 Å². The zero-order chi connectivity index (χ0) is 26.8. The molecule has 3 aromatic rings. The topological polar surface area (TPSA) is 89.1 Å². The van der Waals surface area contributed by atoms with Gasteiger partial charge in [0.1, 0.15) is 29.1 Å². The van der Waals surface area contributed by atoms with Crippen LogP contribution in [0.15, 0.2) is 42.7 Å². The van der Waals surface area contributed by atoms with Gasteiger partial charge in [-0.15, -0.1) is 0 Å². The molecular weight excluding hydrogens is 520 g/mol. The smallest absolute Gasteiger partial charge is 0.250 e. The predicted octanol–water partition coefficient (Wildman–Crippen LogP) is 3.79. The monoisotopic (exact) mass is 545 g/mol. The summed E-state index contributed by atoms with van der Waals surface area (Å²) in [5.41, 5.74) is 1.01. The number of rotatable bonds is 8. The van der Waals surface area contributed by atoms with Gasteiger partial charge in [-0.3, -0.25) is 9.69 Å². The van der Waals surface area contributed by atoms with Gasteiger partial charge in [-0.05, 0) is 18.2 Å². The Morgan fingerprint density at radius 2 is 1.97 bits per heavy atom. The number of methoxy groups -OCH3 is 1. The minimum atomic E-state index is -0.933. The standard InChI is InChI=1S/C26H26ClF2N5O4/c1-15(11-33-5-7-37-8-6-33)26(35)34-12-16(13-34)38-22-9-17-20(10-21(22)36-2)30-14-31-25(17)32-19-4-3-18(28)23(27)24(19)29/h3-4,9-10,14,16H,1,5-8,11-13H2,2H3,(H,30,31,32). The number of amides is 1. The molecule has 0 unspecified atom stereocenters. The van der Waals surface area contributed by atoms with Crippen LogP contribution in [0.3, 0.4) is 0 Å². The zero-order valence-corrected chi connectivity index (χ0v) is 21.4. The number of likely N-dealkylation sites (tertiary alicyclic amines) is 1. The number of aromatic nitrogens is 2. The number of hydrogen-bond acceptors (Lipinski definition) is 8. The van der Waals surface area contributed by atoms with Gasteiger partial charge in [0.05, 0.1) is 44.6 Å². The van der Waals surface area contributed by atoms with Gasteiger partial charge in [0.15, 0.2) is 17.3 Å². The van der Waals surface area contributed by atoms with E-state index in [1.807, 2.05) is 0 Å². The zero-order valence-electron chi connectivity index (χ0n) is 20.7. The minimum Gasteiger partial charge on any atom is -0.493 e. The van der Waals surface area contributed by atoms with Crippen molar-refractivity contribution in [2.24, 2.45) is 0 Å². The molecule has 0 aliphatic carbocycles. The first-order valence-electron chi connectivity index (χ1n) is 12.0. The lowest BCUT2D eigenvalue weighted by molar-refractivity contribution is -0.136. The second-order valence-electron chi connectivity index (χ2n) is 9.03. The predicted molar refractivity (Wildman–Crippen MR) is 138 cm³/mol. The summed E-state index contributed by atoms with van der Waals surface area (Å²) in [7, 11) is 1.51. The van der Waals surface area contributed by atoms with Gasteiger partial charge in [-0.1, -0.05) is 18.2 Å². The molecule has 0 radical (unpaired) electrons. The Kier molecular flexibility index (Phi) is 7.59. The Hall–Kier alpha value is -3.54. The number of nitrogens with one attached hydrogen (secondary N) is 1. The summed E-state index contributed by atoms with van der Waals surface area (Å²) in [5, 5.41) is 2.76. The summed E-state index contributed by atoms with van der Waals surface area (Å²) in [6.07, 6.45) is 1.06. The maximum atomic E-state index is 14.5. The average molecular weight is 546 g/mol. The fourth-order valence-corrected chi connectivity index (χ4v) is 4.51. The molecule has 1 aromatic heterocycles. The summed E-state index contributed by atoms with van der Waals surface area (Å²) >= 11 is 5.71. The largest absolute Gasteiger partial charge is 0.493 e. The molecule has 9 nitrogen and oxygen atoms in total. The molecule has 0 bridgehead atoms. The third-order valence-electron chi connectivity index (χ3n) is 6.46. The van der Waals surface area contributed by atoms with Crippen LogP contribution in [-0.2, 0) is 9.53 Å². The summed E-state index contributed by atoms with van der Waals surface area (Å²) in [6, 6.07) is 5.66. The molecule has 0 saturated carbocycles. The van der Waals surface area contributed by atoms with E-state index in [9.17, 15) is 13.6 Å². The Morgan fingerprint density at radius 3 is 2.71 bits per heavy atom. The molecule has 2 aromatic carbocycles. The van der Waals surface area contributed by atoms with E-state index in [0.717, 1.165) is 19.2 Å². The number of benzene rings is 2. The van der Waals surface area contributed by atoms with Gasteiger partial charge in [0.2, 0.25) is 0 Å². The van der Waals surface area contributed by atoms with Crippen LogP contribution in [0.2, 0.25) is 5.02 Å². The fraction of sp³-hybridized carbons (Fsp3) is 0.346. The lowest BCUT2D eigenvalue weighted by Gasteiger charge is -2.40. The van der Waals surface area contributed by atoms with E-state index in [1.165, 1.54) is 19.5 Å². The van der Waals surface area contributed by atoms with Crippen molar-refractivity contribution >= 4 is 39.9 Å². The first-order chi connectivity index (χ1) is 18.3. The molecule has 2 saturated heterocycles. The van der Waals surface area contributed by atoms with E-state index < -0.39 is 16.7 Å². The number of morpholine rings is 1. The lowest BCUT2D eigenvalue weighted by Crippen LogP contribution is -2.57. The van der Waals surface area contributed by atoms with E-state index in [0.29, 0.717) is 60.8 Å². The van der Waals surface area contributed by atoms with Crippen LogP contribution in [0.1, 0.15) is 0 Å². The Bertz CT molecular complexity index is 1380. The van der Waals surface area contributed by atoms with Crippen LogP contribution in [-0.4, -0.2) is 84.8 Å². The van der Waals surface area contributed by atoms with E-state index in [1.54, 1.807) is 17.0 Å². The van der Waals surface area contributed by atoms with Crippen LogP contribution in [0.5, 0.6) is 11.5 Å². The van der Waals surface area contributed by atoms with Gasteiger partial charge in [-0.2, -0.15) is 0 Å². The molecule has 1 amide bonds. The van der Waals surface area contributed by atoms with Crippen molar-refractivity contribution in [2.75, 3.05) is 58.4 Å². The molecule has 12 heteroatoms. The summed E-state index contributed by atoms with van der Waals surface area (Å²) < 4.78 is 45.1. The second kappa shape index (κ2) is 11.1. The number of halogens is 3. The van der Waals surface area contributed by atoms with E-state index in [4.69, 9.17) is 25.8 Å². The van der Waals surface area contributed by atoms with E-state index in [2.05, 4.69) is 26.8 Å². The molecule has 2 fully saturated rings. The van der Waals surface area contributed by atoms with Crippen molar-refractivity contribution in [1.29, 1.82) is 0 Å². The van der Waals surface area contributed by atoms with Gasteiger partial charge < -0.3 is 24.4 Å². The first kappa shape index (κ1) is 26.1. The van der Waals surface area contributed by atoms with Gasteiger partial charge >= 0.3 is 0 Å². The van der Waals surface area contributed by atoms with Crippen molar-refractivity contribution in [3.05, 3.63) is 59.4 Å². The summed E-state index contributed by atoms with van der Waals surface area (Å²) in [4.78, 5) is 25.1. The molecule has 0 atom stereocenters. The highest BCUT2D eigenvalue weighted by Gasteiger charge is 2.34. The lowest BCUT2D eigenvalue weighted by atomic mass is 10.1. The Balaban J connectivity index is 1.29. The molecule has 200 valence electrons. The number of anilines is 2. The van der Waals surface area contributed by atoms with Crippen LogP contribution < -0.4 is 14.8 Å². The van der Waals surface area contributed by atoms with E-state index >= 15 is 0 Å². The maximum absolute atomic E-state index is 14.5. The Labute approximate surface area is 222 Å². The number of carbonyl (C=O) groups is 1. The molecule has 2 aliphatic rings. The number of carbonyl (C=O) groups excluding carboxylic acids is 1. The van der Waals surface area contributed by atoms with E-state index in [-0.39, 0.29) is 23.5 Å². The van der Waals surface area contributed by atoms with Crippen LogP contribution in [0, 0.1) is 11.6 Å². The summed E-state index contributed by atoms with van der Waals surface area (Å²) in [5.74, 6) is -0.756. The molecule has 0 spiro atoms. The third-order valence-corrected chi connectivity index (χ3v) is 6.80. The normalized spacial score (nSPS) is 16.3. The van der Waals surface area contributed by atoms with Crippen LogP contribution >= 0.6 is 11.6 Å². The van der Waals surface area contributed by atoms with Gasteiger partial charge in [-0.25, -0.2) is 18.7 Å². The number of nitrogens with zero attached hydrogens (tertiary/aromatic N) is 4. The number of hydrogen-bond donors (Lipinski definition) is 1. The maximum Gasteiger partial charge on any atom is 0.250 e. The third kappa shape index (κ3) is 5.35. The van der Waals surface area contributed by atoms with Crippen molar-refractivity contribution in [3.63, 3.8) is 0 Å². The van der Waals surface area contributed by atoms with Gasteiger partial charge in [0, 0.05) is 36.7 Å². The Morgan fingerprint density at radius 1 is 1.21 bits per heavy atom. The molecule has 2 aliphatic heterocycles. The highest BCUT2D eigenvalue weighted by Crippen LogP contribution is 2.37. The first-order valence-corrected chi connectivity index (χ1v) is 12.4. The average Bonchev–Trinajstić information content (AvgIpc) is 2.90. The summed E-state index contributed by atoms with van der Waals surface area (Å²) in [6.45, 7) is 8.16. The van der Waals surface area contributed by atoms with Crippen LogP contribution in [0.25, 0.3) is 10.9 Å². The second-order valence-corrected chi connectivity index (χ2v) is 9.41. The quantitative estimate of drug-likeness (QED) is 0.338. The minimum absolute atomic E-state index is 0.0415. The van der Waals surface area contributed by atoms with Gasteiger partial charge in [0.25, 0.3) is 5.91 Å². The van der Waals surface area contributed by atoms with Crippen molar-refractivity contribution in [1.82, 2.24) is 19.8 Å². The SMILES string of the molecule is C=C(CN1CCOCC1)C(=O)N1CC(Oc2cc3c(Nc4ccc(F)c(Cl)c4F)ncnc3cc2OC)C1. The number of fused-ring (bicyclic) bond motifs is 1. The highest BCUT2D eigenvalue weighted by molar-refractivity contribution is 6.31. The highest BCUT2D eigenvalue weighted by atomic mass is 35.5. The van der Waals surface area contributed by atoms with Crippen LogP contribution in [0.4, 0.5) is 20.3 Å². The molecule has 1 N–H and O–H groups in total. The van der Waals surface area contributed by atoms with Crippen molar-refractivity contribution in [2.45, 2.75) is 6.10 Å². The fourth-order valence-electron chi connectivity index (χ4n) is 4.34. The molecule has 3 heterocycles. The molecule has 38 heavy (non-hydrogen) atoms. The molecule has 5 rings (SSSR count). The number of ether oxygens (including phenoxy) is 3. The van der Waals surface area contributed by atoms with Crippen molar-refractivity contribution in [3.8, 4) is 11.5 Å². The molecular formula is C26H26ClF2N5O4.